The van der Waals surface area contributed by atoms with Gasteiger partial charge in [-0.3, -0.25) is 4.79 Å². The molecule has 6 heteroatoms. The van der Waals surface area contributed by atoms with Gasteiger partial charge in [0.15, 0.2) is 9.84 Å². The minimum absolute atomic E-state index is 0.165. The Labute approximate surface area is 182 Å². The van der Waals surface area contributed by atoms with Gasteiger partial charge in [-0.1, -0.05) is 18.6 Å². The molecule has 0 amide bonds. The Kier molecular flexibility index (Phi) is 8.92. The summed E-state index contributed by atoms with van der Waals surface area (Å²) < 4.78 is 35.3. The Morgan fingerprint density at radius 2 is 1.63 bits per heavy atom. The summed E-state index contributed by atoms with van der Waals surface area (Å²) in [5, 5.41) is 0. The molecule has 0 bridgehead atoms. The van der Waals surface area contributed by atoms with E-state index in [2.05, 4.69) is 13.8 Å². The van der Waals surface area contributed by atoms with Crippen molar-refractivity contribution in [3.05, 3.63) is 29.8 Å². The van der Waals surface area contributed by atoms with E-state index in [1.165, 1.54) is 0 Å². The van der Waals surface area contributed by atoms with Crippen molar-refractivity contribution in [1.29, 1.82) is 0 Å². The Morgan fingerprint density at radius 3 is 2.20 bits per heavy atom. The average Bonchev–Trinajstić information content (AvgIpc) is 2.61. The molecule has 1 aromatic rings. The minimum atomic E-state index is -3.07. The van der Waals surface area contributed by atoms with Crippen molar-refractivity contribution in [1.82, 2.24) is 0 Å². The number of ketones is 1. The summed E-state index contributed by atoms with van der Waals surface area (Å²) in [5.41, 5.74) is 0.983. The molecule has 0 aromatic heterocycles. The number of carbonyl (C=O) groups is 1. The lowest BCUT2D eigenvalue weighted by Crippen LogP contribution is -2.35. The molecule has 2 atom stereocenters. The zero-order valence-electron chi connectivity index (χ0n) is 19.1. The number of Topliss-reactive ketones (excluding diaryl/α,β-unsaturated/α-hetero) is 1. The molecule has 1 fully saturated rings. The van der Waals surface area contributed by atoms with Gasteiger partial charge in [-0.25, -0.2) is 8.42 Å². The second-order valence-electron chi connectivity index (χ2n) is 9.57. The van der Waals surface area contributed by atoms with Crippen LogP contribution < -0.4 is 4.74 Å². The Bertz CT molecular complexity index is 767. The molecule has 2 unspecified atom stereocenters. The number of ether oxygens (including phenoxy) is 2. The first-order valence-electron chi connectivity index (χ1n) is 11.1. The van der Waals surface area contributed by atoms with E-state index in [9.17, 15) is 13.2 Å². The lowest BCUT2D eigenvalue weighted by Gasteiger charge is -2.32. The molecule has 1 aromatic carbocycles. The Balaban J connectivity index is 1.69. The molecule has 170 valence electrons. The average molecular weight is 439 g/mol. The van der Waals surface area contributed by atoms with Gasteiger partial charge in [0, 0.05) is 25.7 Å². The highest BCUT2D eigenvalue weighted by Gasteiger charge is 2.28. The van der Waals surface area contributed by atoms with E-state index in [-0.39, 0.29) is 29.8 Å². The quantitative estimate of drug-likeness (QED) is 0.486. The van der Waals surface area contributed by atoms with Gasteiger partial charge in [0.05, 0.1) is 22.7 Å². The first-order chi connectivity index (χ1) is 14.0. The molecule has 0 saturated carbocycles. The van der Waals surface area contributed by atoms with Crippen molar-refractivity contribution in [2.24, 2.45) is 0 Å². The molecule has 1 aliphatic rings. The topological polar surface area (TPSA) is 69.7 Å². The molecule has 1 heterocycles. The molecular formula is C24H38O5S. The number of benzene rings is 1. The van der Waals surface area contributed by atoms with Crippen LogP contribution >= 0.6 is 0 Å². The van der Waals surface area contributed by atoms with E-state index in [0.29, 0.717) is 19.3 Å². The van der Waals surface area contributed by atoms with Crippen molar-refractivity contribution in [3.8, 4) is 5.75 Å². The van der Waals surface area contributed by atoms with Crippen LogP contribution in [-0.4, -0.2) is 43.0 Å². The fraction of sp³-hybridized carbons (Fsp3) is 0.708. The second-order valence-corrected chi connectivity index (χ2v) is 12.4. The van der Waals surface area contributed by atoms with Gasteiger partial charge in [-0.15, -0.1) is 0 Å². The highest BCUT2D eigenvalue weighted by atomic mass is 32.2. The number of sulfone groups is 1. The van der Waals surface area contributed by atoms with Crippen LogP contribution in [0.25, 0.3) is 0 Å². The number of rotatable bonds is 10. The van der Waals surface area contributed by atoms with Crippen molar-refractivity contribution < 1.29 is 22.7 Å². The van der Waals surface area contributed by atoms with E-state index in [1.807, 2.05) is 24.3 Å². The summed E-state index contributed by atoms with van der Waals surface area (Å²) in [6, 6.07) is 7.78. The largest absolute Gasteiger partial charge is 0.490 e. The van der Waals surface area contributed by atoms with Crippen molar-refractivity contribution in [2.45, 2.75) is 103 Å². The second kappa shape index (κ2) is 10.8. The summed E-state index contributed by atoms with van der Waals surface area (Å²) in [5.74, 6) is 1.21. The maximum atomic E-state index is 12.2. The summed E-state index contributed by atoms with van der Waals surface area (Å²) in [6.07, 6.45) is 5.38. The third-order valence-electron chi connectivity index (χ3n) is 5.58. The zero-order chi connectivity index (χ0) is 22.4. The molecule has 1 aliphatic heterocycles. The van der Waals surface area contributed by atoms with Crippen LogP contribution in [0.2, 0.25) is 0 Å². The van der Waals surface area contributed by atoms with Gasteiger partial charge in [-0.05, 0) is 65.2 Å². The van der Waals surface area contributed by atoms with Crippen LogP contribution in [-0.2, 0) is 25.8 Å². The van der Waals surface area contributed by atoms with Crippen molar-refractivity contribution >= 4 is 15.6 Å². The Hall–Kier alpha value is -1.40. The number of hydrogen-bond donors (Lipinski definition) is 0. The van der Waals surface area contributed by atoms with E-state index in [1.54, 1.807) is 20.8 Å². The van der Waals surface area contributed by atoms with E-state index < -0.39 is 14.6 Å². The summed E-state index contributed by atoms with van der Waals surface area (Å²) in [7, 11) is -3.07. The highest BCUT2D eigenvalue weighted by molar-refractivity contribution is 7.92. The lowest BCUT2D eigenvalue weighted by atomic mass is 10.0. The number of carbonyl (C=O) groups excluding carboxylic acids is 1. The van der Waals surface area contributed by atoms with E-state index in [4.69, 9.17) is 9.47 Å². The van der Waals surface area contributed by atoms with E-state index >= 15 is 0 Å². The van der Waals surface area contributed by atoms with Crippen LogP contribution in [0.1, 0.15) is 78.7 Å². The number of unbranched alkanes of at least 4 members (excludes halogenated alkanes) is 2. The monoisotopic (exact) mass is 438 g/mol. The standard InChI is InChI=1S/C24H38O5S/c1-18-15-23(16-19(2)28-18)29-22-12-10-20(11-13-22)17-21(25)9-7-6-8-14-30(26,27)24(3,4)5/h10-13,18-19,23H,6-9,14-17H2,1-5H3. The summed E-state index contributed by atoms with van der Waals surface area (Å²) in [6.45, 7) is 9.33. The smallest absolute Gasteiger partial charge is 0.155 e. The predicted molar refractivity (Wildman–Crippen MR) is 121 cm³/mol. The van der Waals surface area contributed by atoms with Gasteiger partial charge < -0.3 is 9.47 Å². The molecule has 0 aliphatic carbocycles. The molecule has 0 spiro atoms. The normalized spacial score (nSPS) is 22.6. The summed E-state index contributed by atoms with van der Waals surface area (Å²) in [4.78, 5) is 12.2. The van der Waals surface area contributed by atoms with Crippen LogP contribution in [0.5, 0.6) is 5.75 Å². The fourth-order valence-corrected chi connectivity index (χ4v) is 4.93. The minimum Gasteiger partial charge on any atom is -0.490 e. The first kappa shape index (κ1) is 24.9. The van der Waals surface area contributed by atoms with Gasteiger partial charge in [0.1, 0.15) is 17.6 Å². The predicted octanol–water partition coefficient (Wildman–Crippen LogP) is 4.91. The fourth-order valence-electron chi connectivity index (χ4n) is 3.73. The van der Waals surface area contributed by atoms with Crippen molar-refractivity contribution in [3.63, 3.8) is 0 Å². The van der Waals surface area contributed by atoms with Crippen LogP contribution in [0, 0.1) is 0 Å². The molecule has 5 nitrogen and oxygen atoms in total. The van der Waals surface area contributed by atoms with Crippen molar-refractivity contribution in [2.75, 3.05) is 5.75 Å². The van der Waals surface area contributed by atoms with E-state index in [0.717, 1.165) is 37.0 Å². The third kappa shape index (κ3) is 8.03. The maximum Gasteiger partial charge on any atom is 0.155 e. The third-order valence-corrected chi connectivity index (χ3v) is 8.28. The molecule has 2 rings (SSSR count). The summed E-state index contributed by atoms with van der Waals surface area (Å²) >= 11 is 0. The molecule has 30 heavy (non-hydrogen) atoms. The Morgan fingerprint density at radius 1 is 1.03 bits per heavy atom. The lowest BCUT2D eigenvalue weighted by molar-refractivity contribution is -0.118. The van der Waals surface area contributed by atoms with Gasteiger partial charge >= 0.3 is 0 Å². The maximum absolute atomic E-state index is 12.2. The van der Waals surface area contributed by atoms with Crippen LogP contribution in [0.15, 0.2) is 24.3 Å². The molecule has 0 N–H and O–H groups in total. The van der Waals surface area contributed by atoms with Gasteiger partial charge in [0.2, 0.25) is 0 Å². The molecule has 1 saturated heterocycles. The zero-order valence-corrected chi connectivity index (χ0v) is 20.0. The highest BCUT2D eigenvalue weighted by Crippen LogP contribution is 2.24. The molecular weight excluding hydrogens is 400 g/mol. The first-order valence-corrected chi connectivity index (χ1v) is 12.8. The SMILES string of the molecule is CC1CC(Oc2ccc(CC(=O)CCCCCS(=O)(=O)C(C)(C)C)cc2)CC(C)O1. The molecule has 0 radical (unpaired) electrons. The van der Waals surface area contributed by atoms with Crippen LogP contribution in [0.4, 0.5) is 0 Å². The van der Waals surface area contributed by atoms with Gasteiger partial charge in [-0.2, -0.15) is 0 Å². The number of hydrogen-bond acceptors (Lipinski definition) is 5. The van der Waals surface area contributed by atoms with Gasteiger partial charge in [0.25, 0.3) is 0 Å². The van der Waals surface area contributed by atoms with Crippen LogP contribution in [0.3, 0.4) is 0 Å².